The average Bonchev–Trinajstić information content (AvgIpc) is 2.44. The number of aliphatic hydroxyl groups is 1. The molecule has 1 aromatic carbocycles. The van der Waals surface area contributed by atoms with Crippen molar-refractivity contribution >= 4 is 0 Å². The van der Waals surface area contributed by atoms with Crippen LogP contribution in [0.25, 0.3) is 0 Å². The zero-order valence-electron chi connectivity index (χ0n) is 12.7. The van der Waals surface area contributed by atoms with Crippen LogP contribution in [0.5, 0.6) is 0 Å². The van der Waals surface area contributed by atoms with Crippen LogP contribution in [-0.2, 0) is 5.60 Å². The van der Waals surface area contributed by atoms with Crippen LogP contribution in [0.3, 0.4) is 0 Å². The quantitative estimate of drug-likeness (QED) is 0.841. The molecule has 4 fully saturated rings. The Bertz CT molecular complexity index is 471. The molecule has 5 rings (SSSR count). The topological polar surface area (TPSA) is 20.2 Å². The monoisotopic (exact) mass is 270 g/mol. The Kier molecular flexibility index (Phi) is 2.79. The standard InChI is InChI=1S/C19H26O/c1-12(2)15-3-5-16(6-4-15)19(20)17-8-13-7-14(10-17)11-18(19)9-13/h3-6,12-14,17-18,20H,7-11H2,1-2H3. The summed E-state index contributed by atoms with van der Waals surface area (Å²) < 4.78 is 0. The Morgan fingerprint density at radius 3 is 1.85 bits per heavy atom. The second-order valence-corrected chi connectivity index (χ2v) is 7.91. The van der Waals surface area contributed by atoms with E-state index in [4.69, 9.17) is 0 Å². The van der Waals surface area contributed by atoms with Gasteiger partial charge in [0.2, 0.25) is 0 Å². The summed E-state index contributed by atoms with van der Waals surface area (Å²) in [6, 6.07) is 8.86. The van der Waals surface area contributed by atoms with Gasteiger partial charge in [-0.15, -0.1) is 0 Å². The molecule has 0 spiro atoms. The minimum absolute atomic E-state index is 0.517. The fraction of sp³-hybridized carbons (Fsp3) is 0.684. The lowest BCUT2D eigenvalue weighted by Gasteiger charge is -2.59. The highest BCUT2D eigenvalue weighted by Gasteiger charge is 2.57. The van der Waals surface area contributed by atoms with Gasteiger partial charge in [-0.1, -0.05) is 38.1 Å². The molecule has 4 saturated carbocycles. The van der Waals surface area contributed by atoms with Gasteiger partial charge in [-0.2, -0.15) is 0 Å². The maximum absolute atomic E-state index is 11.5. The summed E-state index contributed by atoms with van der Waals surface area (Å²) >= 11 is 0. The lowest BCUT2D eigenvalue weighted by Crippen LogP contribution is -2.55. The highest BCUT2D eigenvalue weighted by atomic mass is 16.3. The maximum Gasteiger partial charge on any atom is 0.0952 e. The fourth-order valence-corrected chi connectivity index (χ4v) is 5.51. The molecule has 1 N–H and O–H groups in total. The van der Waals surface area contributed by atoms with Gasteiger partial charge in [-0.25, -0.2) is 0 Å². The van der Waals surface area contributed by atoms with Gasteiger partial charge in [0, 0.05) is 0 Å². The first-order chi connectivity index (χ1) is 9.57. The molecular formula is C19H26O. The summed E-state index contributed by atoms with van der Waals surface area (Å²) in [5.41, 5.74) is 2.04. The third-order valence-electron chi connectivity index (χ3n) is 6.42. The molecule has 0 atom stereocenters. The van der Waals surface area contributed by atoms with Gasteiger partial charge in [0.05, 0.1) is 5.60 Å². The maximum atomic E-state index is 11.5. The van der Waals surface area contributed by atoms with Crippen molar-refractivity contribution in [3.8, 4) is 0 Å². The molecule has 108 valence electrons. The molecule has 0 amide bonds. The van der Waals surface area contributed by atoms with Crippen LogP contribution in [0.15, 0.2) is 24.3 Å². The average molecular weight is 270 g/mol. The molecule has 0 aliphatic heterocycles. The smallest absolute Gasteiger partial charge is 0.0952 e. The van der Waals surface area contributed by atoms with E-state index in [1.54, 1.807) is 0 Å². The molecule has 1 heteroatoms. The van der Waals surface area contributed by atoms with Crippen LogP contribution in [0.4, 0.5) is 0 Å². The molecule has 1 aromatic rings. The Morgan fingerprint density at radius 2 is 1.40 bits per heavy atom. The van der Waals surface area contributed by atoms with E-state index in [0.29, 0.717) is 17.8 Å². The van der Waals surface area contributed by atoms with E-state index in [1.165, 1.54) is 43.2 Å². The zero-order valence-corrected chi connectivity index (χ0v) is 12.7. The molecule has 4 bridgehead atoms. The van der Waals surface area contributed by atoms with Gasteiger partial charge in [-0.05, 0) is 72.8 Å². The second kappa shape index (κ2) is 4.34. The third kappa shape index (κ3) is 1.72. The predicted octanol–water partition coefficient (Wildman–Crippen LogP) is 4.45. The van der Waals surface area contributed by atoms with Gasteiger partial charge in [-0.3, -0.25) is 0 Å². The summed E-state index contributed by atoms with van der Waals surface area (Å²) in [6.45, 7) is 4.46. The molecule has 0 aromatic heterocycles. The second-order valence-electron chi connectivity index (χ2n) is 7.91. The van der Waals surface area contributed by atoms with Crippen LogP contribution in [0.2, 0.25) is 0 Å². The van der Waals surface area contributed by atoms with Crippen molar-refractivity contribution in [3.05, 3.63) is 35.4 Å². The van der Waals surface area contributed by atoms with Gasteiger partial charge in [0.15, 0.2) is 0 Å². The summed E-state index contributed by atoms with van der Waals surface area (Å²) in [6.07, 6.45) is 6.48. The minimum atomic E-state index is -0.525. The first-order valence-corrected chi connectivity index (χ1v) is 8.40. The van der Waals surface area contributed by atoms with Crippen molar-refractivity contribution in [3.63, 3.8) is 0 Å². The van der Waals surface area contributed by atoms with Crippen molar-refractivity contribution in [1.29, 1.82) is 0 Å². The number of benzene rings is 1. The normalized spacial score (nSPS) is 42.4. The Hall–Kier alpha value is -0.820. The molecule has 0 saturated heterocycles. The molecule has 4 aliphatic carbocycles. The number of hydrogen-bond donors (Lipinski definition) is 1. The van der Waals surface area contributed by atoms with Crippen molar-refractivity contribution in [2.75, 3.05) is 0 Å². The van der Waals surface area contributed by atoms with E-state index < -0.39 is 5.60 Å². The Morgan fingerprint density at radius 1 is 0.900 bits per heavy atom. The summed E-state index contributed by atoms with van der Waals surface area (Å²) in [5.74, 6) is 3.42. The van der Waals surface area contributed by atoms with E-state index >= 15 is 0 Å². The van der Waals surface area contributed by atoms with Crippen LogP contribution < -0.4 is 0 Å². The lowest BCUT2D eigenvalue weighted by atomic mass is 9.48. The van der Waals surface area contributed by atoms with E-state index in [-0.39, 0.29) is 0 Å². The van der Waals surface area contributed by atoms with Crippen molar-refractivity contribution < 1.29 is 5.11 Å². The van der Waals surface area contributed by atoms with E-state index in [0.717, 1.165) is 11.8 Å². The molecule has 0 radical (unpaired) electrons. The van der Waals surface area contributed by atoms with Crippen LogP contribution in [-0.4, -0.2) is 5.11 Å². The SMILES string of the molecule is CC(C)c1ccc(C2(O)C3CC4CC(C3)CC2C4)cc1. The Labute approximate surface area is 122 Å². The van der Waals surface area contributed by atoms with Crippen LogP contribution in [0.1, 0.15) is 63.0 Å². The molecule has 0 unspecified atom stereocenters. The molecule has 4 aliphatic rings. The summed E-state index contributed by atoms with van der Waals surface area (Å²) in [7, 11) is 0. The molecule has 20 heavy (non-hydrogen) atoms. The first kappa shape index (κ1) is 12.9. The van der Waals surface area contributed by atoms with E-state index in [9.17, 15) is 5.11 Å². The summed E-state index contributed by atoms with van der Waals surface area (Å²) in [4.78, 5) is 0. The fourth-order valence-electron chi connectivity index (χ4n) is 5.51. The van der Waals surface area contributed by atoms with E-state index in [2.05, 4.69) is 38.1 Å². The van der Waals surface area contributed by atoms with E-state index in [1.807, 2.05) is 0 Å². The zero-order chi connectivity index (χ0) is 13.9. The van der Waals surface area contributed by atoms with Gasteiger partial charge < -0.3 is 5.11 Å². The largest absolute Gasteiger partial charge is 0.385 e. The highest BCUT2D eigenvalue weighted by molar-refractivity contribution is 5.32. The molecular weight excluding hydrogens is 244 g/mol. The van der Waals surface area contributed by atoms with Crippen LogP contribution >= 0.6 is 0 Å². The van der Waals surface area contributed by atoms with Gasteiger partial charge >= 0.3 is 0 Å². The predicted molar refractivity (Wildman–Crippen MR) is 81.5 cm³/mol. The third-order valence-corrected chi connectivity index (χ3v) is 6.42. The lowest BCUT2D eigenvalue weighted by molar-refractivity contribution is -0.179. The first-order valence-electron chi connectivity index (χ1n) is 8.40. The van der Waals surface area contributed by atoms with Crippen LogP contribution in [0, 0.1) is 23.7 Å². The number of rotatable bonds is 2. The van der Waals surface area contributed by atoms with Gasteiger partial charge in [0.25, 0.3) is 0 Å². The van der Waals surface area contributed by atoms with Crippen molar-refractivity contribution in [1.82, 2.24) is 0 Å². The Balaban J connectivity index is 1.69. The highest BCUT2D eigenvalue weighted by Crippen LogP contribution is 2.61. The van der Waals surface area contributed by atoms with Crippen molar-refractivity contribution in [2.24, 2.45) is 23.7 Å². The molecule has 1 nitrogen and oxygen atoms in total. The minimum Gasteiger partial charge on any atom is -0.385 e. The van der Waals surface area contributed by atoms with Gasteiger partial charge in [0.1, 0.15) is 0 Å². The molecule has 0 heterocycles. The summed E-state index contributed by atoms with van der Waals surface area (Å²) in [5, 5.41) is 11.5. The van der Waals surface area contributed by atoms with Crippen molar-refractivity contribution in [2.45, 2.75) is 57.5 Å². The number of hydrogen-bond acceptors (Lipinski definition) is 1.